The number of carbonyl (C=O) groups is 1. The Bertz CT molecular complexity index is 1000. The minimum absolute atomic E-state index is 0.0381. The second kappa shape index (κ2) is 9.01. The molecule has 154 valence electrons. The van der Waals surface area contributed by atoms with Crippen molar-refractivity contribution >= 4 is 28.8 Å². The first kappa shape index (κ1) is 21.4. The van der Waals surface area contributed by atoms with Gasteiger partial charge in [-0.25, -0.2) is 0 Å². The third-order valence-electron chi connectivity index (χ3n) is 4.78. The van der Waals surface area contributed by atoms with E-state index in [1.54, 1.807) is 18.1 Å². The number of amides is 1. The zero-order valence-electron chi connectivity index (χ0n) is 17.5. The molecule has 0 atom stereocenters. The monoisotopic (exact) mass is 431 g/mol. The minimum Gasteiger partial charge on any atom is -0.488 e. The Morgan fingerprint density at radius 1 is 1.24 bits per heavy atom. The molecule has 0 N–H and O–H groups in total. The van der Waals surface area contributed by atoms with E-state index < -0.39 is 0 Å². The first-order valence-electron chi connectivity index (χ1n) is 9.53. The normalized spacial score (nSPS) is 11.0. The molecule has 29 heavy (non-hydrogen) atoms. The fourth-order valence-electron chi connectivity index (χ4n) is 3.42. The van der Waals surface area contributed by atoms with Crippen molar-refractivity contribution in [3.05, 3.63) is 67.6 Å². The summed E-state index contributed by atoms with van der Waals surface area (Å²) in [7, 11) is 1.78. The lowest BCUT2D eigenvalue weighted by Gasteiger charge is -2.17. The third kappa shape index (κ3) is 4.82. The maximum absolute atomic E-state index is 12.8. The van der Waals surface area contributed by atoms with Crippen LogP contribution >= 0.6 is 22.9 Å². The summed E-state index contributed by atoms with van der Waals surface area (Å²) in [6.07, 6.45) is 1.62. The van der Waals surface area contributed by atoms with E-state index in [0.29, 0.717) is 29.6 Å². The van der Waals surface area contributed by atoms with Crippen molar-refractivity contribution < 1.29 is 9.53 Å². The van der Waals surface area contributed by atoms with Crippen molar-refractivity contribution in [2.45, 2.75) is 47.4 Å². The summed E-state index contributed by atoms with van der Waals surface area (Å²) in [6, 6.07) is 6.14. The molecule has 0 unspecified atom stereocenters. The Morgan fingerprint density at radius 3 is 2.59 bits per heavy atom. The van der Waals surface area contributed by atoms with Gasteiger partial charge >= 0.3 is 0 Å². The van der Waals surface area contributed by atoms with Crippen LogP contribution in [0.15, 0.2) is 29.8 Å². The Balaban J connectivity index is 1.66. The van der Waals surface area contributed by atoms with Crippen LogP contribution in [0.4, 0.5) is 0 Å². The van der Waals surface area contributed by atoms with Crippen molar-refractivity contribution in [3.63, 3.8) is 0 Å². The molecule has 0 aliphatic heterocycles. The molecule has 2 aromatic heterocycles. The van der Waals surface area contributed by atoms with Gasteiger partial charge in [0.25, 0.3) is 5.91 Å². The highest BCUT2D eigenvalue weighted by atomic mass is 35.5. The molecule has 1 aromatic carbocycles. The van der Waals surface area contributed by atoms with E-state index in [-0.39, 0.29) is 5.91 Å². The van der Waals surface area contributed by atoms with Crippen LogP contribution in [0, 0.1) is 20.8 Å². The number of nitrogens with zero attached hydrogens (tertiary/aromatic N) is 3. The summed E-state index contributed by atoms with van der Waals surface area (Å²) in [5.74, 6) is 0.873. The number of carbonyl (C=O) groups excluding carboxylic acids is 1. The van der Waals surface area contributed by atoms with Gasteiger partial charge in [0.15, 0.2) is 0 Å². The number of thiophene rings is 1. The highest BCUT2D eigenvalue weighted by Gasteiger charge is 2.18. The van der Waals surface area contributed by atoms with Crippen molar-refractivity contribution in [2.24, 2.45) is 0 Å². The number of ether oxygens (including phenoxy) is 1. The second-order valence-electron chi connectivity index (χ2n) is 7.25. The summed E-state index contributed by atoms with van der Waals surface area (Å²) in [5, 5.41) is 6.78. The molecule has 0 saturated heterocycles. The first-order chi connectivity index (χ1) is 13.8. The molecule has 0 spiro atoms. The highest BCUT2D eigenvalue weighted by molar-refractivity contribution is 7.12. The molecule has 1 amide bonds. The van der Waals surface area contributed by atoms with Crippen LogP contribution in [0.25, 0.3) is 0 Å². The standard InChI is InChI=1S/C22H26ClN3O2S/c1-6-26-19(18(23)10-24-26)11-25(5)22(27)20-9-17(13-29-20)12-28-21-15(3)7-14(2)8-16(21)4/h7-10,13H,6,11-12H2,1-5H3. The van der Waals surface area contributed by atoms with E-state index in [4.69, 9.17) is 16.3 Å². The van der Waals surface area contributed by atoms with E-state index in [1.165, 1.54) is 16.9 Å². The molecule has 0 bridgehead atoms. The summed E-state index contributed by atoms with van der Waals surface area (Å²) >= 11 is 7.65. The molecule has 2 heterocycles. The molecule has 7 heteroatoms. The van der Waals surface area contributed by atoms with Gasteiger partial charge in [0.2, 0.25) is 0 Å². The Kier molecular flexibility index (Phi) is 6.65. The number of hydrogen-bond donors (Lipinski definition) is 0. The zero-order chi connectivity index (χ0) is 21.1. The number of benzene rings is 1. The molecular weight excluding hydrogens is 406 g/mol. The van der Waals surface area contributed by atoms with Crippen LogP contribution in [0.5, 0.6) is 5.75 Å². The lowest BCUT2D eigenvalue weighted by atomic mass is 10.1. The quantitative estimate of drug-likeness (QED) is 0.503. The van der Waals surface area contributed by atoms with Crippen LogP contribution in [0.1, 0.15) is 44.5 Å². The van der Waals surface area contributed by atoms with Gasteiger partial charge < -0.3 is 9.64 Å². The Hall–Kier alpha value is -2.31. The van der Waals surface area contributed by atoms with Crippen LogP contribution in [0.2, 0.25) is 5.02 Å². The Labute approximate surface area is 180 Å². The summed E-state index contributed by atoms with van der Waals surface area (Å²) in [4.78, 5) is 15.2. The van der Waals surface area contributed by atoms with Crippen molar-refractivity contribution in [2.75, 3.05) is 7.05 Å². The van der Waals surface area contributed by atoms with Crippen LogP contribution in [-0.2, 0) is 19.7 Å². The van der Waals surface area contributed by atoms with Gasteiger partial charge in [0.05, 0.1) is 28.3 Å². The van der Waals surface area contributed by atoms with Gasteiger partial charge in [0, 0.05) is 19.2 Å². The molecule has 0 saturated carbocycles. The largest absolute Gasteiger partial charge is 0.488 e. The predicted octanol–water partition coefficient (Wildman–Crippen LogP) is 5.39. The lowest BCUT2D eigenvalue weighted by Crippen LogP contribution is -2.27. The van der Waals surface area contributed by atoms with Gasteiger partial charge in [0.1, 0.15) is 12.4 Å². The van der Waals surface area contributed by atoms with Gasteiger partial charge in [-0.05, 0) is 50.3 Å². The molecule has 0 aliphatic carbocycles. The van der Waals surface area contributed by atoms with Crippen molar-refractivity contribution in [1.29, 1.82) is 0 Å². The molecule has 3 aromatic rings. The summed E-state index contributed by atoms with van der Waals surface area (Å²) < 4.78 is 7.86. The molecule has 0 fully saturated rings. The fourth-order valence-corrected chi connectivity index (χ4v) is 4.51. The number of aryl methyl sites for hydroxylation is 4. The van der Waals surface area contributed by atoms with Gasteiger partial charge in [-0.1, -0.05) is 29.3 Å². The average molecular weight is 432 g/mol. The average Bonchev–Trinajstić information content (AvgIpc) is 3.27. The molecule has 0 radical (unpaired) electrons. The first-order valence-corrected chi connectivity index (χ1v) is 10.8. The Morgan fingerprint density at radius 2 is 1.93 bits per heavy atom. The predicted molar refractivity (Wildman–Crippen MR) is 118 cm³/mol. The van der Waals surface area contributed by atoms with Gasteiger partial charge in [-0.2, -0.15) is 5.10 Å². The SMILES string of the molecule is CCn1ncc(Cl)c1CN(C)C(=O)c1cc(COc2c(C)cc(C)cc2C)cs1. The maximum atomic E-state index is 12.8. The van der Waals surface area contributed by atoms with E-state index >= 15 is 0 Å². The smallest absolute Gasteiger partial charge is 0.264 e. The lowest BCUT2D eigenvalue weighted by molar-refractivity contribution is 0.0786. The van der Waals surface area contributed by atoms with Crippen LogP contribution in [0.3, 0.4) is 0 Å². The minimum atomic E-state index is -0.0381. The highest BCUT2D eigenvalue weighted by Crippen LogP contribution is 2.27. The van der Waals surface area contributed by atoms with Crippen LogP contribution in [-0.4, -0.2) is 27.6 Å². The molecule has 0 aliphatic rings. The maximum Gasteiger partial charge on any atom is 0.264 e. The van der Waals surface area contributed by atoms with E-state index in [0.717, 1.165) is 28.1 Å². The summed E-state index contributed by atoms with van der Waals surface area (Å²) in [6.45, 7) is 9.75. The molecule has 5 nitrogen and oxygen atoms in total. The number of rotatable bonds is 7. The molecule has 3 rings (SSSR count). The second-order valence-corrected chi connectivity index (χ2v) is 8.57. The summed E-state index contributed by atoms with van der Waals surface area (Å²) in [5.41, 5.74) is 5.30. The molecular formula is C22H26ClN3O2S. The van der Waals surface area contributed by atoms with Crippen LogP contribution < -0.4 is 4.74 Å². The fraction of sp³-hybridized carbons (Fsp3) is 0.364. The zero-order valence-corrected chi connectivity index (χ0v) is 19.0. The van der Waals surface area contributed by atoms with E-state index in [2.05, 4.69) is 38.0 Å². The number of hydrogen-bond acceptors (Lipinski definition) is 4. The topological polar surface area (TPSA) is 47.4 Å². The van der Waals surface area contributed by atoms with Crippen molar-refractivity contribution in [1.82, 2.24) is 14.7 Å². The van der Waals surface area contributed by atoms with Crippen molar-refractivity contribution in [3.8, 4) is 5.75 Å². The van der Waals surface area contributed by atoms with E-state index in [1.807, 2.05) is 23.1 Å². The van der Waals surface area contributed by atoms with E-state index in [9.17, 15) is 4.79 Å². The van der Waals surface area contributed by atoms with Gasteiger partial charge in [-0.15, -0.1) is 11.3 Å². The number of halogens is 1. The van der Waals surface area contributed by atoms with Gasteiger partial charge in [-0.3, -0.25) is 9.48 Å². The number of aromatic nitrogens is 2. The third-order valence-corrected chi connectivity index (χ3v) is 6.07.